The van der Waals surface area contributed by atoms with E-state index in [2.05, 4.69) is 4.90 Å². The Morgan fingerprint density at radius 3 is 2.35 bits per heavy atom. The smallest absolute Gasteiger partial charge is 0.118 e. The molecule has 0 aliphatic rings. The molecule has 0 saturated carbocycles. The number of hydrogen-bond donors (Lipinski definition) is 1. The third kappa shape index (κ3) is 5.17. The van der Waals surface area contributed by atoms with Gasteiger partial charge in [-0.2, -0.15) is 0 Å². The normalized spacial score (nSPS) is 10.8. The van der Waals surface area contributed by atoms with Crippen LogP contribution < -0.4 is 4.74 Å². The lowest BCUT2D eigenvalue weighted by Crippen LogP contribution is -2.29. The average molecular weight is 239 g/mol. The van der Waals surface area contributed by atoms with Crippen LogP contribution in [-0.4, -0.2) is 50.5 Å². The summed E-state index contributed by atoms with van der Waals surface area (Å²) in [6, 6.07) is 7.97. The first-order valence-corrected chi connectivity index (χ1v) is 5.75. The van der Waals surface area contributed by atoms with Crippen molar-refractivity contribution in [1.29, 1.82) is 0 Å². The molecular weight excluding hydrogens is 218 g/mol. The fraction of sp³-hybridized carbons (Fsp3) is 0.538. The van der Waals surface area contributed by atoms with Crippen LogP contribution in [0.4, 0.5) is 0 Å². The van der Waals surface area contributed by atoms with Crippen LogP contribution in [0.1, 0.15) is 5.56 Å². The maximum Gasteiger partial charge on any atom is 0.118 e. The quantitative estimate of drug-likeness (QED) is 0.738. The minimum Gasteiger partial charge on any atom is -0.497 e. The van der Waals surface area contributed by atoms with Gasteiger partial charge in [-0.15, -0.1) is 0 Å². The van der Waals surface area contributed by atoms with E-state index in [1.807, 2.05) is 24.3 Å². The van der Waals surface area contributed by atoms with Crippen molar-refractivity contribution < 1.29 is 14.6 Å². The molecule has 0 radical (unpaired) electrons. The van der Waals surface area contributed by atoms with Crippen LogP contribution in [0.3, 0.4) is 0 Å². The second-order valence-corrected chi connectivity index (χ2v) is 3.84. The molecule has 0 amide bonds. The molecule has 0 aliphatic carbocycles. The molecule has 96 valence electrons. The molecule has 0 saturated heterocycles. The maximum atomic E-state index is 8.99. The monoisotopic (exact) mass is 239 g/mol. The van der Waals surface area contributed by atoms with Gasteiger partial charge < -0.3 is 14.6 Å². The molecule has 0 fully saturated rings. The lowest BCUT2D eigenvalue weighted by atomic mass is 10.2. The summed E-state index contributed by atoms with van der Waals surface area (Å²) in [7, 11) is 3.34. The zero-order valence-electron chi connectivity index (χ0n) is 10.6. The summed E-state index contributed by atoms with van der Waals surface area (Å²) in [6.07, 6.45) is 0. The van der Waals surface area contributed by atoms with Crippen molar-refractivity contribution in [2.75, 3.05) is 40.5 Å². The zero-order chi connectivity index (χ0) is 12.5. The largest absolute Gasteiger partial charge is 0.497 e. The van der Waals surface area contributed by atoms with Gasteiger partial charge in [-0.25, -0.2) is 0 Å². The fourth-order valence-electron chi connectivity index (χ4n) is 1.62. The molecule has 0 aromatic heterocycles. The molecule has 1 N–H and O–H groups in total. The topological polar surface area (TPSA) is 41.9 Å². The van der Waals surface area contributed by atoms with Gasteiger partial charge in [0.1, 0.15) is 5.75 Å². The summed E-state index contributed by atoms with van der Waals surface area (Å²) in [6.45, 7) is 3.14. The van der Waals surface area contributed by atoms with Crippen molar-refractivity contribution in [3.05, 3.63) is 29.8 Å². The van der Waals surface area contributed by atoms with Crippen molar-refractivity contribution in [2.45, 2.75) is 6.54 Å². The molecule has 0 aliphatic heterocycles. The molecule has 4 nitrogen and oxygen atoms in total. The van der Waals surface area contributed by atoms with Crippen LogP contribution in [0.5, 0.6) is 5.75 Å². The Labute approximate surface area is 103 Å². The summed E-state index contributed by atoms with van der Waals surface area (Å²) in [5, 5.41) is 8.99. The Morgan fingerprint density at radius 2 is 1.82 bits per heavy atom. The molecule has 1 aromatic rings. The van der Waals surface area contributed by atoms with E-state index in [9.17, 15) is 0 Å². The average Bonchev–Trinajstić information content (AvgIpc) is 2.37. The number of ether oxygens (including phenoxy) is 2. The van der Waals surface area contributed by atoms with Gasteiger partial charge in [0.15, 0.2) is 0 Å². The SMILES string of the molecule is COCCN(CCO)Cc1ccc(OC)cc1. The molecule has 4 heteroatoms. The Balaban J connectivity index is 2.51. The first kappa shape index (κ1) is 14.0. The molecule has 0 heterocycles. The highest BCUT2D eigenvalue weighted by atomic mass is 16.5. The zero-order valence-corrected chi connectivity index (χ0v) is 10.6. The van der Waals surface area contributed by atoms with E-state index in [1.165, 1.54) is 5.56 Å². The van der Waals surface area contributed by atoms with E-state index in [1.54, 1.807) is 14.2 Å². The number of hydrogen-bond acceptors (Lipinski definition) is 4. The van der Waals surface area contributed by atoms with E-state index in [-0.39, 0.29) is 6.61 Å². The number of aliphatic hydroxyl groups is 1. The fourth-order valence-corrected chi connectivity index (χ4v) is 1.62. The van der Waals surface area contributed by atoms with Gasteiger partial charge in [-0.1, -0.05) is 12.1 Å². The molecule has 0 bridgehead atoms. The van der Waals surface area contributed by atoms with Gasteiger partial charge in [-0.05, 0) is 17.7 Å². The van der Waals surface area contributed by atoms with Crippen molar-refractivity contribution in [1.82, 2.24) is 4.90 Å². The van der Waals surface area contributed by atoms with Crippen LogP contribution in [0.15, 0.2) is 24.3 Å². The highest BCUT2D eigenvalue weighted by Crippen LogP contribution is 2.12. The minimum absolute atomic E-state index is 0.167. The van der Waals surface area contributed by atoms with Crippen LogP contribution in [0, 0.1) is 0 Å². The van der Waals surface area contributed by atoms with Crippen molar-refractivity contribution in [3.8, 4) is 5.75 Å². The highest BCUT2D eigenvalue weighted by molar-refractivity contribution is 5.27. The summed E-state index contributed by atoms with van der Waals surface area (Å²) in [5.74, 6) is 0.861. The Bertz CT molecular complexity index is 300. The molecule has 1 rings (SSSR count). The van der Waals surface area contributed by atoms with E-state index in [0.29, 0.717) is 13.2 Å². The maximum absolute atomic E-state index is 8.99. The summed E-state index contributed by atoms with van der Waals surface area (Å²) in [4.78, 5) is 2.16. The number of methoxy groups -OCH3 is 2. The first-order chi connectivity index (χ1) is 8.30. The van der Waals surface area contributed by atoms with Crippen LogP contribution in [0.25, 0.3) is 0 Å². The van der Waals surface area contributed by atoms with E-state index >= 15 is 0 Å². The van der Waals surface area contributed by atoms with Crippen LogP contribution in [-0.2, 0) is 11.3 Å². The first-order valence-electron chi connectivity index (χ1n) is 5.75. The van der Waals surface area contributed by atoms with E-state index in [4.69, 9.17) is 14.6 Å². The van der Waals surface area contributed by atoms with E-state index < -0.39 is 0 Å². The van der Waals surface area contributed by atoms with Crippen molar-refractivity contribution in [2.24, 2.45) is 0 Å². The van der Waals surface area contributed by atoms with Crippen LogP contribution >= 0.6 is 0 Å². The minimum atomic E-state index is 0.167. The molecule has 1 aromatic carbocycles. The number of aliphatic hydroxyl groups excluding tert-OH is 1. The Kier molecular flexibility index (Phi) is 6.62. The predicted molar refractivity (Wildman–Crippen MR) is 67.2 cm³/mol. The van der Waals surface area contributed by atoms with Gasteiger partial charge in [0.25, 0.3) is 0 Å². The lowest BCUT2D eigenvalue weighted by Gasteiger charge is -2.20. The third-order valence-corrected chi connectivity index (χ3v) is 2.59. The molecule has 0 spiro atoms. The number of rotatable bonds is 8. The van der Waals surface area contributed by atoms with Gasteiger partial charge in [0.2, 0.25) is 0 Å². The summed E-state index contributed by atoms with van der Waals surface area (Å²) >= 11 is 0. The van der Waals surface area contributed by atoms with E-state index in [0.717, 1.165) is 18.8 Å². The molecule has 0 atom stereocenters. The van der Waals surface area contributed by atoms with Crippen molar-refractivity contribution >= 4 is 0 Å². The number of nitrogens with zero attached hydrogens (tertiary/aromatic N) is 1. The number of benzene rings is 1. The molecule has 17 heavy (non-hydrogen) atoms. The summed E-state index contributed by atoms with van der Waals surface area (Å²) < 4.78 is 10.2. The highest BCUT2D eigenvalue weighted by Gasteiger charge is 2.05. The Hall–Kier alpha value is -1.10. The summed E-state index contributed by atoms with van der Waals surface area (Å²) in [5.41, 5.74) is 1.20. The third-order valence-electron chi connectivity index (χ3n) is 2.59. The van der Waals surface area contributed by atoms with Crippen molar-refractivity contribution in [3.63, 3.8) is 0 Å². The molecule has 0 unspecified atom stereocenters. The second-order valence-electron chi connectivity index (χ2n) is 3.84. The second kappa shape index (κ2) is 8.06. The predicted octanol–water partition coefficient (Wildman–Crippen LogP) is 1.14. The Morgan fingerprint density at radius 1 is 1.12 bits per heavy atom. The standard InChI is InChI=1S/C13H21NO3/c1-16-10-8-14(7-9-15)11-12-3-5-13(17-2)6-4-12/h3-6,15H,7-11H2,1-2H3. The lowest BCUT2D eigenvalue weighted by molar-refractivity contribution is 0.127. The van der Waals surface area contributed by atoms with Gasteiger partial charge in [0, 0.05) is 26.7 Å². The molecular formula is C13H21NO3. The van der Waals surface area contributed by atoms with Gasteiger partial charge >= 0.3 is 0 Å². The van der Waals surface area contributed by atoms with Gasteiger partial charge in [0.05, 0.1) is 20.3 Å². The van der Waals surface area contributed by atoms with Gasteiger partial charge in [-0.3, -0.25) is 4.90 Å². The van der Waals surface area contributed by atoms with Crippen LogP contribution in [0.2, 0.25) is 0 Å².